The summed E-state index contributed by atoms with van der Waals surface area (Å²) in [6.07, 6.45) is -1.09. The lowest BCUT2D eigenvalue weighted by Gasteiger charge is -2.15. The number of carbonyl (C=O) groups excluding carboxylic acids is 2. The van der Waals surface area contributed by atoms with E-state index in [4.69, 9.17) is 4.74 Å². The predicted molar refractivity (Wildman–Crippen MR) is 147 cm³/mol. The lowest BCUT2D eigenvalue weighted by molar-refractivity contribution is -0.139. The number of nitrogens with zero attached hydrogens (tertiary/aromatic N) is 2. The Bertz CT molecular complexity index is 1500. The molecule has 4 rings (SSSR count). The Balaban J connectivity index is 1.46. The molecule has 0 aliphatic rings. The summed E-state index contributed by atoms with van der Waals surface area (Å²) < 4.78 is 20.3. The van der Waals surface area contributed by atoms with Crippen LogP contribution in [0, 0.1) is 12.7 Å². The van der Waals surface area contributed by atoms with Gasteiger partial charge in [0.2, 0.25) is 0 Å². The highest BCUT2D eigenvalue weighted by Crippen LogP contribution is 2.30. The minimum Gasteiger partial charge on any atom is -0.480 e. The molecule has 0 aliphatic heterocycles. The average molecular weight is 545 g/mol. The predicted octanol–water partition coefficient (Wildman–Crippen LogP) is 5.27. The molecule has 1 heterocycles. The molecule has 3 aromatic carbocycles. The van der Waals surface area contributed by atoms with Crippen molar-refractivity contribution < 1.29 is 28.6 Å². The molecular formula is C30H29FN4O5. The normalized spacial score (nSPS) is 12.3. The zero-order valence-corrected chi connectivity index (χ0v) is 22.2. The van der Waals surface area contributed by atoms with Crippen LogP contribution in [0.5, 0.6) is 0 Å². The summed E-state index contributed by atoms with van der Waals surface area (Å²) in [6.45, 7) is 3.59. The van der Waals surface area contributed by atoms with Crippen LogP contribution in [0.4, 0.5) is 14.9 Å². The Kier molecular flexibility index (Phi) is 8.58. The van der Waals surface area contributed by atoms with Crippen molar-refractivity contribution in [2.75, 3.05) is 5.32 Å². The van der Waals surface area contributed by atoms with Gasteiger partial charge in [0.15, 0.2) is 0 Å². The van der Waals surface area contributed by atoms with E-state index < -0.39 is 35.9 Å². The molecule has 9 nitrogen and oxygen atoms in total. The third kappa shape index (κ3) is 6.71. The molecule has 2 atom stereocenters. The Labute approximate surface area is 230 Å². The second-order valence-corrected chi connectivity index (χ2v) is 9.29. The average Bonchev–Trinajstić information content (AvgIpc) is 3.22. The van der Waals surface area contributed by atoms with Crippen molar-refractivity contribution in [1.29, 1.82) is 0 Å². The Morgan fingerprint density at radius 3 is 2.27 bits per heavy atom. The topological polar surface area (TPSA) is 123 Å². The molecule has 0 fully saturated rings. The van der Waals surface area contributed by atoms with Crippen molar-refractivity contribution in [2.45, 2.75) is 32.4 Å². The maximum atomic E-state index is 13.2. The summed E-state index contributed by atoms with van der Waals surface area (Å²) in [5.74, 6) is -2.21. The fourth-order valence-corrected chi connectivity index (χ4v) is 4.12. The van der Waals surface area contributed by atoms with Crippen molar-refractivity contribution in [3.63, 3.8) is 0 Å². The molecule has 4 aromatic rings. The van der Waals surface area contributed by atoms with Gasteiger partial charge < -0.3 is 15.2 Å². The van der Waals surface area contributed by atoms with E-state index in [0.29, 0.717) is 28.2 Å². The molecule has 0 saturated heterocycles. The minimum absolute atomic E-state index is 0.000662. The number of aryl methyl sites for hydroxylation is 1. The van der Waals surface area contributed by atoms with E-state index in [2.05, 4.69) is 15.7 Å². The van der Waals surface area contributed by atoms with E-state index >= 15 is 0 Å². The molecule has 206 valence electrons. The zero-order valence-electron chi connectivity index (χ0n) is 22.2. The van der Waals surface area contributed by atoms with E-state index in [1.807, 2.05) is 37.3 Å². The Morgan fingerprint density at radius 1 is 1.00 bits per heavy atom. The zero-order chi connectivity index (χ0) is 28.8. The van der Waals surface area contributed by atoms with E-state index in [9.17, 15) is 23.9 Å². The van der Waals surface area contributed by atoms with Crippen LogP contribution in [0.2, 0.25) is 0 Å². The SMILES string of the molecule is Cc1c(NC(=O)O[C@H](C)c2ccccc2)c(-c2ccc(C(=O)NC(Cc3ccc(F)cc3)C(=O)O)cc2)nn1C. The third-order valence-electron chi connectivity index (χ3n) is 6.49. The molecule has 0 spiro atoms. The number of halogens is 1. The van der Waals surface area contributed by atoms with E-state index in [-0.39, 0.29) is 12.0 Å². The maximum Gasteiger partial charge on any atom is 0.412 e. The van der Waals surface area contributed by atoms with Gasteiger partial charge in [0.25, 0.3) is 5.91 Å². The van der Waals surface area contributed by atoms with Crippen LogP contribution in [0.15, 0.2) is 78.9 Å². The molecule has 10 heteroatoms. The fraction of sp³-hybridized carbons (Fsp3) is 0.200. The number of carbonyl (C=O) groups is 3. The number of benzene rings is 3. The molecule has 0 bridgehead atoms. The van der Waals surface area contributed by atoms with Crippen LogP contribution in [0.25, 0.3) is 11.3 Å². The first kappa shape index (κ1) is 28.0. The van der Waals surface area contributed by atoms with Gasteiger partial charge in [0.05, 0.1) is 11.4 Å². The number of aromatic nitrogens is 2. The summed E-state index contributed by atoms with van der Waals surface area (Å²) >= 11 is 0. The van der Waals surface area contributed by atoms with Crippen LogP contribution in [0.3, 0.4) is 0 Å². The van der Waals surface area contributed by atoms with E-state index in [0.717, 1.165) is 5.56 Å². The molecule has 1 aromatic heterocycles. The highest BCUT2D eigenvalue weighted by molar-refractivity contribution is 5.97. The number of rotatable bonds is 9. The number of ether oxygens (including phenoxy) is 1. The van der Waals surface area contributed by atoms with E-state index in [1.165, 1.54) is 24.3 Å². The Hall–Kier alpha value is -4.99. The molecule has 0 aliphatic carbocycles. The summed E-state index contributed by atoms with van der Waals surface area (Å²) in [5, 5.41) is 19.4. The summed E-state index contributed by atoms with van der Waals surface area (Å²) in [4.78, 5) is 37.3. The first-order valence-electron chi connectivity index (χ1n) is 12.6. The smallest absolute Gasteiger partial charge is 0.412 e. The largest absolute Gasteiger partial charge is 0.480 e. The number of hydrogen-bond donors (Lipinski definition) is 3. The van der Waals surface area contributed by atoms with E-state index in [1.54, 1.807) is 42.9 Å². The van der Waals surface area contributed by atoms with Crippen molar-refractivity contribution in [2.24, 2.45) is 7.05 Å². The third-order valence-corrected chi connectivity index (χ3v) is 6.49. The van der Waals surface area contributed by atoms with Gasteiger partial charge in [-0.05, 0) is 49.2 Å². The van der Waals surface area contributed by atoms with Crippen LogP contribution in [-0.4, -0.2) is 38.9 Å². The quantitative estimate of drug-likeness (QED) is 0.264. The number of carboxylic acids is 1. The fourth-order valence-electron chi connectivity index (χ4n) is 4.12. The highest BCUT2D eigenvalue weighted by Gasteiger charge is 2.23. The highest BCUT2D eigenvalue weighted by atomic mass is 19.1. The summed E-state index contributed by atoms with van der Waals surface area (Å²) in [6, 6.07) is 20.0. The number of amides is 2. The number of anilines is 1. The molecular weight excluding hydrogens is 515 g/mol. The lowest BCUT2D eigenvalue weighted by Crippen LogP contribution is -2.42. The molecule has 1 unspecified atom stereocenters. The minimum atomic E-state index is -1.21. The second-order valence-electron chi connectivity index (χ2n) is 9.29. The maximum absolute atomic E-state index is 13.2. The second kappa shape index (κ2) is 12.2. The first-order valence-corrected chi connectivity index (χ1v) is 12.6. The van der Waals surface area contributed by atoms with Gasteiger partial charge in [-0.3, -0.25) is 14.8 Å². The molecule has 0 saturated carbocycles. The number of hydrogen-bond acceptors (Lipinski definition) is 5. The number of nitrogens with one attached hydrogen (secondary N) is 2. The Morgan fingerprint density at radius 2 is 1.65 bits per heavy atom. The van der Waals surface area contributed by atoms with Crippen LogP contribution >= 0.6 is 0 Å². The lowest BCUT2D eigenvalue weighted by atomic mass is 10.0. The van der Waals surface area contributed by atoms with Gasteiger partial charge in [0, 0.05) is 24.6 Å². The van der Waals surface area contributed by atoms with Crippen LogP contribution in [-0.2, 0) is 23.0 Å². The molecule has 0 radical (unpaired) electrons. The van der Waals surface area contributed by atoms with Gasteiger partial charge in [0.1, 0.15) is 23.7 Å². The van der Waals surface area contributed by atoms with Crippen LogP contribution < -0.4 is 10.6 Å². The van der Waals surface area contributed by atoms with Crippen molar-refractivity contribution in [1.82, 2.24) is 15.1 Å². The number of carboxylic acid groups (broad SMARTS) is 1. The number of aliphatic carboxylic acids is 1. The standard InChI is InChI=1S/C30H29FN4O5/c1-18-26(33-30(39)40-19(2)21-7-5-4-6-8-21)27(34-35(18)3)22-11-13-23(14-12-22)28(36)32-25(29(37)38)17-20-9-15-24(31)16-10-20/h4-16,19,25H,17H2,1-3H3,(H,32,36)(H,33,39)(H,37,38)/t19-,25?/m1/s1. The molecule has 3 N–H and O–H groups in total. The van der Waals surface area contributed by atoms with Crippen molar-refractivity contribution in [3.8, 4) is 11.3 Å². The molecule has 40 heavy (non-hydrogen) atoms. The van der Waals surface area contributed by atoms with Crippen LogP contribution in [0.1, 0.15) is 40.2 Å². The van der Waals surface area contributed by atoms with Gasteiger partial charge in [-0.25, -0.2) is 14.0 Å². The van der Waals surface area contributed by atoms with Gasteiger partial charge in [-0.15, -0.1) is 0 Å². The summed E-state index contributed by atoms with van der Waals surface area (Å²) in [5.41, 5.74) is 3.96. The monoisotopic (exact) mass is 544 g/mol. The van der Waals surface area contributed by atoms with Crippen molar-refractivity contribution in [3.05, 3.63) is 107 Å². The van der Waals surface area contributed by atoms with Gasteiger partial charge >= 0.3 is 12.1 Å². The van der Waals surface area contributed by atoms with Crippen molar-refractivity contribution >= 4 is 23.7 Å². The van der Waals surface area contributed by atoms with Gasteiger partial charge in [-0.2, -0.15) is 5.10 Å². The summed E-state index contributed by atoms with van der Waals surface area (Å²) in [7, 11) is 1.75. The molecule has 2 amide bonds. The van der Waals surface area contributed by atoms with Gasteiger partial charge in [-0.1, -0.05) is 54.6 Å². The first-order chi connectivity index (χ1) is 19.1.